The maximum atomic E-state index is 14.4. The number of nitrogens with zero attached hydrogens (tertiary/aromatic N) is 1. The molecule has 0 spiro atoms. The summed E-state index contributed by atoms with van der Waals surface area (Å²) in [6.45, 7) is 18.2. The van der Waals surface area contributed by atoms with E-state index in [-0.39, 0.29) is 57.1 Å². The van der Waals surface area contributed by atoms with Crippen LogP contribution >= 0.6 is 0 Å². The van der Waals surface area contributed by atoms with Gasteiger partial charge in [-0.15, -0.1) is 0 Å². The van der Waals surface area contributed by atoms with Crippen LogP contribution in [0.1, 0.15) is 119 Å². The molecule has 4 saturated carbocycles. The van der Waals surface area contributed by atoms with Gasteiger partial charge in [0.15, 0.2) is 5.78 Å². The predicted molar refractivity (Wildman–Crippen MR) is 168 cm³/mol. The number of carbonyl (C=O) groups excluding carboxylic acids is 3. The Labute approximate surface area is 259 Å². The number of aromatic nitrogens is 1. The molecular formula is C38H53NO4. The van der Waals surface area contributed by atoms with Gasteiger partial charge in [0.05, 0.1) is 5.41 Å². The summed E-state index contributed by atoms with van der Waals surface area (Å²) in [7, 11) is 0. The number of hydrogen-bond donors (Lipinski definition) is 0. The maximum absolute atomic E-state index is 14.4. The van der Waals surface area contributed by atoms with E-state index in [0.717, 1.165) is 62.5 Å². The highest BCUT2D eigenvalue weighted by atomic mass is 16.5. The van der Waals surface area contributed by atoms with Gasteiger partial charge < -0.3 is 4.74 Å². The first kappa shape index (κ1) is 30.7. The minimum Gasteiger partial charge on any atom is -0.462 e. The summed E-state index contributed by atoms with van der Waals surface area (Å²) in [6, 6.07) is 3.88. The second kappa shape index (κ2) is 10.1. The highest BCUT2D eigenvalue weighted by Gasteiger charge is 2.70. The fourth-order valence-electron chi connectivity index (χ4n) is 12.2. The molecule has 6 rings (SSSR count). The van der Waals surface area contributed by atoms with E-state index >= 15 is 0 Å². The monoisotopic (exact) mass is 587 g/mol. The number of hydrogen-bond acceptors (Lipinski definition) is 5. The third-order valence-corrected chi connectivity index (χ3v) is 14.3. The average Bonchev–Trinajstić information content (AvgIpc) is 3.24. The summed E-state index contributed by atoms with van der Waals surface area (Å²) >= 11 is 0. The number of fused-ring (bicyclic) bond motifs is 7. The topological polar surface area (TPSA) is 73.3 Å². The van der Waals surface area contributed by atoms with Crippen molar-refractivity contribution in [3.63, 3.8) is 0 Å². The van der Waals surface area contributed by atoms with Gasteiger partial charge in [-0.1, -0.05) is 54.5 Å². The molecule has 0 unspecified atom stereocenters. The lowest BCUT2D eigenvalue weighted by Gasteiger charge is -2.72. The van der Waals surface area contributed by atoms with Crippen LogP contribution in [0.3, 0.4) is 0 Å². The Morgan fingerprint density at radius 2 is 1.70 bits per heavy atom. The first-order chi connectivity index (χ1) is 20.1. The molecular weight excluding hydrogens is 534 g/mol. The molecule has 0 amide bonds. The Bertz CT molecular complexity index is 1360. The zero-order valence-corrected chi connectivity index (χ0v) is 27.8. The molecule has 4 fully saturated rings. The van der Waals surface area contributed by atoms with Gasteiger partial charge in [0, 0.05) is 37.6 Å². The van der Waals surface area contributed by atoms with Gasteiger partial charge in [-0.25, -0.2) is 0 Å². The summed E-state index contributed by atoms with van der Waals surface area (Å²) in [5, 5.41) is 0. The lowest BCUT2D eigenvalue weighted by Crippen LogP contribution is -2.66. The van der Waals surface area contributed by atoms with Gasteiger partial charge >= 0.3 is 5.97 Å². The lowest BCUT2D eigenvalue weighted by atomic mass is 9.33. The summed E-state index contributed by atoms with van der Waals surface area (Å²) in [6.07, 6.45) is 12.5. The van der Waals surface area contributed by atoms with Crippen LogP contribution in [-0.4, -0.2) is 28.6 Å². The molecule has 43 heavy (non-hydrogen) atoms. The zero-order valence-electron chi connectivity index (χ0n) is 27.8. The largest absolute Gasteiger partial charge is 0.462 e. The molecule has 1 aromatic rings. The number of rotatable bonds is 5. The summed E-state index contributed by atoms with van der Waals surface area (Å²) in [4.78, 5) is 44.5. The van der Waals surface area contributed by atoms with Crippen molar-refractivity contribution < 1.29 is 19.1 Å². The molecule has 0 aliphatic heterocycles. The first-order valence-electron chi connectivity index (χ1n) is 17.0. The van der Waals surface area contributed by atoms with Crippen molar-refractivity contribution in [2.45, 2.75) is 126 Å². The fraction of sp³-hybridized carbons (Fsp3) is 0.737. The quantitative estimate of drug-likeness (QED) is 0.325. The highest BCUT2D eigenvalue weighted by molar-refractivity contribution is 6.07. The van der Waals surface area contributed by atoms with Crippen LogP contribution in [0.2, 0.25) is 0 Å². The van der Waals surface area contributed by atoms with Crippen molar-refractivity contribution in [2.75, 3.05) is 0 Å². The van der Waals surface area contributed by atoms with Crippen molar-refractivity contribution in [2.24, 2.45) is 50.7 Å². The molecule has 0 bridgehead atoms. The highest BCUT2D eigenvalue weighted by Crippen LogP contribution is 2.76. The second-order valence-electron chi connectivity index (χ2n) is 16.7. The van der Waals surface area contributed by atoms with Crippen LogP contribution in [-0.2, 0) is 25.5 Å². The molecule has 1 heterocycles. The molecule has 0 N–H and O–H groups in total. The fourth-order valence-corrected chi connectivity index (χ4v) is 12.2. The Morgan fingerprint density at radius 3 is 2.35 bits per heavy atom. The molecule has 5 aliphatic rings. The third-order valence-electron chi connectivity index (χ3n) is 14.3. The van der Waals surface area contributed by atoms with Crippen molar-refractivity contribution in [3.8, 4) is 0 Å². The number of ketones is 2. The predicted octanol–water partition coefficient (Wildman–Crippen LogP) is 8.11. The molecule has 5 aliphatic carbocycles. The van der Waals surface area contributed by atoms with E-state index in [9.17, 15) is 14.4 Å². The molecule has 5 nitrogen and oxygen atoms in total. The normalized spacial score (nSPS) is 41.7. The number of esters is 1. The first-order valence-corrected chi connectivity index (χ1v) is 17.0. The SMILES string of the molecule is CC(=O)O[C@H]1CC[C@]2(C)[C@H]3CC[C@@H]4C5=C(C(C)C)C(=O)C[C@]5(C(=O)Cc5cccnc5)CC[C@@]4(C)[C@]3(C)CC[C@H]2C1(C)C. The van der Waals surface area contributed by atoms with Crippen LogP contribution in [0.5, 0.6) is 0 Å². The van der Waals surface area contributed by atoms with Gasteiger partial charge in [0.25, 0.3) is 0 Å². The Kier molecular flexibility index (Phi) is 7.22. The van der Waals surface area contributed by atoms with Crippen molar-refractivity contribution in [1.29, 1.82) is 0 Å². The van der Waals surface area contributed by atoms with E-state index in [1.165, 1.54) is 5.57 Å². The van der Waals surface area contributed by atoms with Crippen LogP contribution in [0.15, 0.2) is 35.7 Å². The van der Waals surface area contributed by atoms with Gasteiger partial charge in [-0.05, 0) is 114 Å². The zero-order chi connectivity index (χ0) is 31.2. The standard InChI is InChI=1S/C38H53NO4/c1-23(2)32-27(41)21-38(30(42)20-25-10-9-19-39-22-25)18-17-36(7)26(33(32)38)11-12-29-35(6)15-14-31(43-24(3)40)34(4,5)28(35)13-16-37(29,36)8/h9-10,19,22-23,26,28-29,31H,11-18,20-21H2,1-8H3/t26-,28+,29-,31+,35+,36-,37-,38+/m1/s1. The molecule has 8 atom stereocenters. The van der Waals surface area contributed by atoms with Gasteiger partial charge in [-0.3, -0.25) is 19.4 Å². The molecule has 0 saturated heterocycles. The third kappa shape index (κ3) is 4.22. The number of ether oxygens (including phenoxy) is 1. The maximum Gasteiger partial charge on any atom is 0.302 e. The van der Waals surface area contributed by atoms with Crippen LogP contribution in [0.4, 0.5) is 0 Å². The molecule has 234 valence electrons. The van der Waals surface area contributed by atoms with Crippen LogP contribution in [0, 0.1) is 50.7 Å². The van der Waals surface area contributed by atoms with E-state index < -0.39 is 5.41 Å². The number of carbonyl (C=O) groups is 3. The van der Waals surface area contributed by atoms with Gasteiger partial charge in [-0.2, -0.15) is 0 Å². The van der Waals surface area contributed by atoms with Crippen molar-refractivity contribution in [3.05, 3.63) is 41.2 Å². The van der Waals surface area contributed by atoms with E-state index in [0.29, 0.717) is 24.7 Å². The average molecular weight is 588 g/mol. The van der Waals surface area contributed by atoms with E-state index in [1.54, 1.807) is 19.3 Å². The summed E-state index contributed by atoms with van der Waals surface area (Å²) < 4.78 is 5.92. The molecule has 1 aromatic heterocycles. The Morgan fingerprint density at radius 1 is 0.953 bits per heavy atom. The summed E-state index contributed by atoms with van der Waals surface area (Å²) in [5.74, 6) is 1.70. The Balaban J connectivity index is 1.39. The number of Topliss-reactive ketones (excluding diaryl/α,β-unsaturated/α-hetero) is 2. The second-order valence-corrected chi connectivity index (χ2v) is 16.7. The van der Waals surface area contributed by atoms with E-state index in [4.69, 9.17) is 4.74 Å². The minimum absolute atomic E-state index is 0.0243. The van der Waals surface area contributed by atoms with Crippen LogP contribution in [0.25, 0.3) is 0 Å². The van der Waals surface area contributed by atoms with E-state index in [2.05, 4.69) is 53.5 Å². The van der Waals surface area contributed by atoms with Gasteiger partial charge in [0.1, 0.15) is 11.9 Å². The lowest BCUT2D eigenvalue weighted by molar-refractivity contribution is -0.232. The van der Waals surface area contributed by atoms with Crippen molar-refractivity contribution in [1.82, 2.24) is 4.98 Å². The Hall–Kier alpha value is -2.30. The van der Waals surface area contributed by atoms with Crippen molar-refractivity contribution >= 4 is 17.5 Å². The molecule has 0 radical (unpaired) electrons. The molecule has 5 heteroatoms. The van der Waals surface area contributed by atoms with Crippen LogP contribution < -0.4 is 0 Å². The van der Waals surface area contributed by atoms with Gasteiger partial charge in [0.2, 0.25) is 0 Å². The minimum atomic E-state index is -0.662. The molecule has 0 aromatic carbocycles. The number of pyridine rings is 1. The van der Waals surface area contributed by atoms with E-state index in [1.807, 2.05) is 12.1 Å². The summed E-state index contributed by atoms with van der Waals surface area (Å²) in [5.41, 5.74) is 2.74. The smallest absolute Gasteiger partial charge is 0.302 e. The number of allylic oxidation sites excluding steroid dienone is 2.